The van der Waals surface area contributed by atoms with Crippen molar-refractivity contribution in [1.82, 2.24) is 9.97 Å². The molecule has 5 heteroatoms. The van der Waals surface area contributed by atoms with E-state index < -0.39 is 0 Å². The topological polar surface area (TPSA) is 69.5 Å². The van der Waals surface area contributed by atoms with Crippen LogP contribution in [0.3, 0.4) is 0 Å². The number of rotatable bonds is 2. The normalized spacial score (nSPS) is 11.8. The lowest BCUT2D eigenvalue weighted by Crippen LogP contribution is -2.11. The van der Waals surface area contributed by atoms with Gasteiger partial charge in [0.15, 0.2) is 5.82 Å². The van der Waals surface area contributed by atoms with Gasteiger partial charge in [-0.1, -0.05) is 17.7 Å². The van der Waals surface area contributed by atoms with Crippen molar-refractivity contribution in [2.45, 2.75) is 34.6 Å². The number of benzene rings is 1. The summed E-state index contributed by atoms with van der Waals surface area (Å²) in [6.07, 6.45) is 1.81. The molecule has 3 rings (SSSR count). The van der Waals surface area contributed by atoms with Crippen molar-refractivity contribution in [3.05, 3.63) is 61.0 Å². The first-order chi connectivity index (χ1) is 11.8. The molecule has 0 aliphatic heterocycles. The van der Waals surface area contributed by atoms with Crippen LogP contribution in [-0.4, -0.2) is 9.97 Å². The molecule has 0 aliphatic rings. The minimum Gasteiger partial charge on any atom is -0.305 e. The van der Waals surface area contributed by atoms with Crippen LogP contribution in [-0.2, 0) is 0 Å². The van der Waals surface area contributed by atoms with Crippen LogP contribution in [0.4, 0.5) is 0 Å². The number of thiophene rings is 1. The largest absolute Gasteiger partial charge is 0.305 e. The Kier molecular flexibility index (Phi) is 4.32. The monoisotopic (exact) mass is 349 g/mol. The Morgan fingerprint density at radius 2 is 1.84 bits per heavy atom. The van der Waals surface area contributed by atoms with Crippen molar-refractivity contribution in [3.63, 3.8) is 0 Å². The number of nitrogens with zero attached hydrogens (tertiary/aromatic N) is 2. The van der Waals surface area contributed by atoms with Crippen molar-refractivity contribution >= 4 is 33.2 Å². The maximum atomic E-state index is 12.5. The van der Waals surface area contributed by atoms with E-state index in [0.717, 1.165) is 27.1 Å². The molecule has 0 fully saturated rings. The van der Waals surface area contributed by atoms with Crippen LogP contribution in [0.25, 0.3) is 21.9 Å². The third-order valence-corrected chi connectivity index (χ3v) is 5.54. The first kappa shape index (κ1) is 17.1. The smallest absolute Gasteiger partial charge is 0.260 e. The van der Waals surface area contributed by atoms with E-state index in [4.69, 9.17) is 0 Å². The van der Waals surface area contributed by atoms with Crippen molar-refractivity contribution in [2.24, 2.45) is 0 Å². The Labute approximate surface area is 150 Å². The highest BCUT2D eigenvalue weighted by molar-refractivity contribution is 7.18. The van der Waals surface area contributed by atoms with Gasteiger partial charge < -0.3 is 4.98 Å². The van der Waals surface area contributed by atoms with Crippen molar-refractivity contribution < 1.29 is 0 Å². The predicted octanol–water partition coefficient (Wildman–Crippen LogP) is 4.59. The van der Waals surface area contributed by atoms with E-state index in [2.05, 4.69) is 28.2 Å². The second kappa shape index (κ2) is 6.30. The highest BCUT2D eigenvalue weighted by Gasteiger charge is 2.14. The molecule has 0 bridgehead atoms. The zero-order chi connectivity index (χ0) is 18.3. The van der Waals surface area contributed by atoms with Crippen LogP contribution in [0, 0.1) is 45.9 Å². The molecule has 0 saturated carbocycles. The molecule has 0 radical (unpaired) electrons. The number of H-pyrrole nitrogens is 1. The summed E-state index contributed by atoms with van der Waals surface area (Å²) in [4.78, 5) is 21.5. The van der Waals surface area contributed by atoms with Gasteiger partial charge in [0.2, 0.25) is 0 Å². The number of hydrogen-bond acceptors (Lipinski definition) is 4. The number of aromatic nitrogens is 2. The van der Waals surface area contributed by atoms with E-state index in [9.17, 15) is 10.1 Å². The molecule has 4 nitrogen and oxygen atoms in total. The van der Waals surface area contributed by atoms with Crippen LogP contribution in [0.2, 0.25) is 0 Å². The average Bonchev–Trinajstić information content (AvgIpc) is 2.81. The van der Waals surface area contributed by atoms with Gasteiger partial charge in [-0.05, 0) is 62.9 Å². The predicted molar refractivity (Wildman–Crippen MR) is 104 cm³/mol. The molecule has 2 heterocycles. The van der Waals surface area contributed by atoms with Crippen LogP contribution in [0.5, 0.6) is 0 Å². The first-order valence-corrected chi connectivity index (χ1v) is 8.83. The third kappa shape index (κ3) is 3.01. The number of hydrogen-bond donors (Lipinski definition) is 1. The zero-order valence-electron chi connectivity index (χ0n) is 14.9. The van der Waals surface area contributed by atoms with E-state index in [1.165, 1.54) is 16.9 Å². The summed E-state index contributed by atoms with van der Waals surface area (Å²) in [5.41, 5.74) is 5.48. The fraction of sp³-hybridized carbons (Fsp3) is 0.250. The Morgan fingerprint density at radius 3 is 2.44 bits per heavy atom. The summed E-state index contributed by atoms with van der Waals surface area (Å²) in [5, 5.41) is 10.2. The maximum absolute atomic E-state index is 12.5. The SMILES string of the molecule is Cc1cc(C)c(C=C(C#N)c2nc3sc(C)c(C)c3c(=O)[nH]2)c(C)c1. The molecule has 0 spiro atoms. The van der Waals surface area contributed by atoms with Gasteiger partial charge in [-0.15, -0.1) is 11.3 Å². The van der Waals surface area contributed by atoms with E-state index in [-0.39, 0.29) is 5.56 Å². The van der Waals surface area contributed by atoms with E-state index in [0.29, 0.717) is 21.6 Å². The molecule has 3 aromatic rings. The van der Waals surface area contributed by atoms with Gasteiger partial charge >= 0.3 is 0 Å². The minimum atomic E-state index is -0.194. The number of nitriles is 1. The second-order valence-corrected chi connectivity index (χ2v) is 7.56. The molecular formula is C20H19N3OS. The summed E-state index contributed by atoms with van der Waals surface area (Å²) in [6.45, 7) is 9.98. The van der Waals surface area contributed by atoms with Crippen LogP contribution < -0.4 is 5.56 Å². The fourth-order valence-electron chi connectivity index (χ4n) is 3.10. The highest BCUT2D eigenvalue weighted by Crippen LogP contribution is 2.27. The van der Waals surface area contributed by atoms with Gasteiger partial charge in [-0.3, -0.25) is 4.79 Å². The molecular weight excluding hydrogens is 330 g/mol. The van der Waals surface area contributed by atoms with E-state index in [1.54, 1.807) is 0 Å². The van der Waals surface area contributed by atoms with Crippen LogP contribution in [0.15, 0.2) is 16.9 Å². The summed E-state index contributed by atoms with van der Waals surface area (Å²) in [6, 6.07) is 6.35. The highest BCUT2D eigenvalue weighted by atomic mass is 32.1. The van der Waals surface area contributed by atoms with Gasteiger partial charge in [0.25, 0.3) is 5.56 Å². The van der Waals surface area contributed by atoms with Crippen molar-refractivity contribution in [3.8, 4) is 6.07 Å². The van der Waals surface area contributed by atoms with E-state index in [1.807, 2.05) is 40.7 Å². The standard InChI is InChI=1S/C20H19N3OS/c1-10-6-11(2)16(12(3)7-10)8-15(9-21)18-22-19(24)17-13(4)14(5)25-20(17)23-18/h6-8H,1-5H3,(H,22,23,24). The van der Waals surface area contributed by atoms with Crippen LogP contribution >= 0.6 is 11.3 Å². The maximum Gasteiger partial charge on any atom is 0.260 e. The lowest BCUT2D eigenvalue weighted by atomic mass is 9.98. The van der Waals surface area contributed by atoms with Crippen molar-refractivity contribution in [1.29, 1.82) is 5.26 Å². The molecule has 126 valence electrons. The molecule has 0 aliphatic carbocycles. The lowest BCUT2D eigenvalue weighted by Gasteiger charge is -2.08. The molecule has 0 unspecified atom stereocenters. The van der Waals surface area contributed by atoms with Crippen molar-refractivity contribution in [2.75, 3.05) is 0 Å². The molecule has 25 heavy (non-hydrogen) atoms. The average molecular weight is 349 g/mol. The summed E-state index contributed by atoms with van der Waals surface area (Å²) >= 11 is 1.48. The molecule has 2 aromatic heterocycles. The summed E-state index contributed by atoms with van der Waals surface area (Å²) < 4.78 is 0. The fourth-order valence-corrected chi connectivity index (χ4v) is 4.13. The number of aromatic amines is 1. The van der Waals surface area contributed by atoms with Crippen LogP contribution in [0.1, 0.15) is 38.5 Å². The Hall–Kier alpha value is -2.71. The molecule has 1 aromatic carbocycles. The molecule has 1 N–H and O–H groups in total. The zero-order valence-corrected chi connectivity index (χ0v) is 15.8. The minimum absolute atomic E-state index is 0.194. The number of aryl methyl sites for hydroxylation is 5. The molecule has 0 saturated heterocycles. The van der Waals surface area contributed by atoms with Gasteiger partial charge in [0, 0.05) is 4.88 Å². The Balaban J connectivity index is 2.22. The first-order valence-electron chi connectivity index (χ1n) is 8.02. The van der Waals surface area contributed by atoms with Gasteiger partial charge in [0.05, 0.1) is 11.0 Å². The van der Waals surface area contributed by atoms with E-state index >= 15 is 0 Å². The second-order valence-electron chi connectivity index (χ2n) is 6.36. The number of fused-ring (bicyclic) bond motifs is 1. The number of allylic oxidation sites excluding steroid dienone is 1. The van der Waals surface area contributed by atoms with Gasteiger partial charge in [-0.2, -0.15) is 5.26 Å². The molecule has 0 atom stereocenters. The molecule has 0 amide bonds. The quantitative estimate of drug-likeness (QED) is 0.688. The van der Waals surface area contributed by atoms with Gasteiger partial charge in [-0.25, -0.2) is 4.98 Å². The lowest BCUT2D eigenvalue weighted by molar-refractivity contribution is 1.13. The Morgan fingerprint density at radius 1 is 1.20 bits per heavy atom. The van der Waals surface area contributed by atoms with Gasteiger partial charge in [0.1, 0.15) is 10.9 Å². The summed E-state index contributed by atoms with van der Waals surface area (Å²) in [5.74, 6) is 0.320. The third-order valence-electron chi connectivity index (χ3n) is 4.44. The number of nitrogens with one attached hydrogen (secondary N) is 1. The Bertz CT molecular complexity index is 1100. The summed E-state index contributed by atoms with van der Waals surface area (Å²) in [7, 11) is 0.